The molecule has 0 aromatic carbocycles. The lowest BCUT2D eigenvalue weighted by Gasteiger charge is -2.21. The molecule has 19 heavy (non-hydrogen) atoms. The van der Waals surface area contributed by atoms with Crippen molar-refractivity contribution in [1.29, 1.82) is 0 Å². The third-order valence-electron chi connectivity index (χ3n) is 3.53. The van der Waals surface area contributed by atoms with Crippen LogP contribution in [0.5, 0.6) is 0 Å². The average molecular weight is 268 g/mol. The van der Waals surface area contributed by atoms with Crippen LogP contribution < -0.4 is 10.6 Å². The molecule has 0 aromatic rings. The van der Waals surface area contributed by atoms with Gasteiger partial charge in [0.05, 0.1) is 0 Å². The molecule has 0 unspecified atom stereocenters. The number of amides is 4. The second-order valence-corrected chi connectivity index (χ2v) is 5.87. The maximum atomic E-state index is 11.5. The van der Waals surface area contributed by atoms with E-state index in [1.807, 2.05) is 0 Å². The highest BCUT2D eigenvalue weighted by Crippen LogP contribution is 2.20. The van der Waals surface area contributed by atoms with Crippen LogP contribution in [0.2, 0.25) is 0 Å². The van der Waals surface area contributed by atoms with Crippen LogP contribution in [-0.4, -0.2) is 17.8 Å². The molecular formula is C14H24N2O3. The number of rotatable bonds is 7. The highest BCUT2D eigenvalue weighted by molar-refractivity contribution is 6.16. The zero-order valence-electron chi connectivity index (χ0n) is 12.0. The van der Waals surface area contributed by atoms with Gasteiger partial charge >= 0.3 is 6.03 Å². The Morgan fingerprint density at radius 1 is 0.947 bits per heavy atom. The highest BCUT2D eigenvalue weighted by Gasteiger charge is 2.33. The van der Waals surface area contributed by atoms with Crippen LogP contribution >= 0.6 is 0 Å². The van der Waals surface area contributed by atoms with Crippen molar-refractivity contribution in [3.05, 3.63) is 0 Å². The number of carbonyl (C=O) groups excluding carboxylic acids is 3. The lowest BCUT2D eigenvalue weighted by atomic mass is 9.91. The molecule has 1 aliphatic heterocycles. The number of urea groups is 1. The van der Waals surface area contributed by atoms with Gasteiger partial charge in [0.1, 0.15) is 5.92 Å². The Hall–Kier alpha value is -1.39. The quantitative estimate of drug-likeness (QED) is 0.695. The highest BCUT2D eigenvalue weighted by atomic mass is 16.2. The smallest absolute Gasteiger partial charge is 0.277 e. The van der Waals surface area contributed by atoms with Crippen molar-refractivity contribution in [2.24, 2.45) is 17.8 Å². The molecular weight excluding hydrogens is 244 g/mol. The van der Waals surface area contributed by atoms with Gasteiger partial charge in [-0.3, -0.25) is 20.2 Å². The Morgan fingerprint density at radius 3 is 2.05 bits per heavy atom. The first-order valence-electron chi connectivity index (χ1n) is 7.05. The fourth-order valence-electron chi connectivity index (χ4n) is 2.28. The second-order valence-electron chi connectivity index (χ2n) is 5.87. The van der Waals surface area contributed by atoms with Gasteiger partial charge in [-0.1, -0.05) is 40.0 Å². The average Bonchev–Trinajstić information content (AvgIpc) is 2.26. The van der Waals surface area contributed by atoms with Gasteiger partial charge in [-0.05, 0) is 24.7 Å². The van der Waals surface area contributed by atoms with E-state index in [9.17, 15) is 14.4 Å². The van der Waals surface area contributed by atoms with Gasteiger partial charge in [0.25, 0.3) is 0 Å². The predicted molar refractivity (Wildman–Crippen MR) is 72.3 cm³/mol. The van der Waals surface area contributed by atoms with E-state index in [0.29, 0.717) is 18.3 Å². The number of hydrogen-bond donors (Lipinski definition) is 2. The van der Waals surface area contributed by atoms with E-state index in [1.54, 1.807) is 0 Å². The lowest BCUT2D eigenvalue weighted by Crippen LogP contribution is -2.55. The van der Waals surface area contributed by atoms with E-state index in [-0.39, 0.29) is 0 Å². The van der Waals surface area contributed by atoms with Crippen LogP contribution in [0.1, 0.15) is 52.9 Å². The Balaban J connectivity index is 2.29. The molecule has 5 nitrogen and oxygen atoms in total. The molecule has 0 saturated carbocycles. The van der Waals surface area contributed by atoms with Crippen LogP contribution in [0, 0.1) is 17.8 Å². The fourth-order valence-corrected chi connectivity index (χ4v) is 2.28. The topological polar surface area (TPSA) is 75.3 Å². The summed E-state index contributed by atoms with van der Waals surface area (Å²) in [7, 11) is 0. The van der Waals surface area contributed by atoms with E-state index >= 15 is 0 Å². The zero-order valence-corrected chi connectivity index (χ0v) is 12.0. The summed E-state index contributed by atoms with van der Waals surface area (Å²) >= 11 is 0. The Labute approximate surface area is 114 Å². The van der Waals surface area contributed by atoms with Crippen molar-refractivity contribution in [3.8, 4) is 0 Å². The van der Waals surface area contributed by atoms with Gasteiger partial charge in [-0.15, -0.1) is 0 Å². The maximum absolute atomic E-state index is 11.5. The van der Waals surface area contributed by atoms with Crippen LogP contribution in [0.3, 0.4) is 0 Å². The summed E-state index contributed by atoms with van der Waals surface area (Å²) < 4.78 is 0. The Kier molecular flexibility index (Phi) is 5.99. The largest absolute Gasteiger partial charge is 0.328 e. The minimum Gasteiger partial charge on any atom is -0.277 e. The third-order valence-corrected chi connectivity index (χ3v) is 3.53. The van der Waals surface area contributed by atoms with E-state index in [4.69, 9.17) is 0 Å². The summed E-state index contributed by atoms with van der Waals surface area (Å²) in [5.74, 6) is -0.443. The Morgan fingerprint density at radius 2 is 1.53 bits per heavy atom. The summed E-state index contributed by atoms with van der Waals surface area (Å²) in [6.45, 7) is 6.56. The van der Waals surface area contributed by atoms with Gasteiger partial charge in [0.15, 0.2) is 0 Å². The summed E-state index contributed by atoms with van der Waals surface area (Å²) in [5.41, 5.74) is 0. The lowest BCUT2D eigenvalue weighted by molar-refractivity contribution is -0.136. The number of carbonyl (C=O) groups is 3. The molecule has 0 radical (unpaired) electrons. The second kappa shape index (κ2) is 7.26. The van der Waals surface area contributed by atoms with Crippen molar-refractivity contribution >= 4 is 17.8 Å². The SMILES string of the molecule is CC(C)CCC[C@@H](C)CCC1C(=O)NC(=O)NC1=O. The van der Waals surface area contributed by atoms with E-state index in [1.165, 1.54) is 12.8 Å². The summed E-state index contributed by atoms with van der Waals surface area (Å²) in [6, 6.07) is -0.712. The maximum Gasteiger partial charge on any atom is 0.328 e. The van der Waals surface area contributed by atoms with E-state index < -0.39 is 23.8 Å². The first kappa shape index (κ1) is 15.7. The molecule has 0 aliphatic carbocycles. The predicted octanol–water partition coefficient (Wildman–Crippen LogP) is 2.21. The summed E-state index contributed by atoms with van der Waals surface area (Å²) in [4.78, 5) is 34.0. The first-order chi connectivity index (χ1) is 8.90. The molecule has 1 rings (SSSR count). The fraction of sp³-hybridized carbons (Fsp3) is 0.786. The first-order valence-corrected chi connectivity index (χ1v) is 7.05. The van der Waals surface area contributed by atoms with Gasteiger partial charge in [-0.2, -0.15) is 0 Å². The van der Waals surface area contributed by atoms with Crippen molar-refractivity contribution < 1.29 is 14.4 Å². The van der Waals surface area contributed by atoms with Crippen molar-refractivity contribution in [3.63, 3.8) is 0 Å². The van der Waals surface area contributed by atoms with E-state index in [2.05, 4.69) is 31.4 Å². The van der Waals surface area contributed by atoms with Gasteiger partial charge in [-0.25, -0.2) is 4.79 Å². The molecule has 1 fully saturated rings. The number of hydrogen-bond acceptors (Lipinski definition) is 3. The molecule has 108 valence electrons. The van der Waals surface area contributed by atoms with Crippen LogP contribution in [0.15, 0.2) is 0 Å². The molecule has 4 amide bonds. The molecule has 1 atom stereocenters. The van der Waals surface area contributed by atoms with Gasteiger partial charge in [0, 0.05) is 0 Å². The molecule has 1 saturated heterocycles. The molecule has 1 aliphatic rings. The molecule has 0 aromatic heterocycles. The molecule has 2 N–H and O–H groups in total. The molecule has 0 spiro atoms. The molecule has 5 heteroatoms. The van der Waals surface area contributed by atoms with Gasteiger partial charge < -0.3 is 0 Å². The van der Waals surface area contributed by atoms with Crippen molar-refractivity contribution in [2.45, 2.75) is 52.9 Å². The number of imide groups is 2. The van der Waals surface area contributed by atoms with Crippen LogP contribution in [-0.2, 0) is 9.59 Å². The number of nitrogens with one attached hydrogen (secondary N) is 2. The van der Waals surface area contributed by atoms with Gasteiger partial charge in [0.2, 0.25) is 11.8 Å². The van der Waals surface area contributed by atoms with Crippen LogP contribution in [0.25, 0.3) is 0 Å². The minimum absolute atomic E-state index is 0.469. The van der Waals surface area contributed by atoms with E-state index in [0.717, 1.165) is 12.8 Å². The minimum atomic E-state index is -0.717. The monoisotopic (exact) mass is 268 g/mol. The normalized spacial score (nSPS) is 18.4. The van der Waals surface area contributed by atoms with Crippen LogP contribution in [0.4, 0.5) is 4.79 Å². The third kappa shape index (κ3) is 5.41. The standard InChI is InChI=1S/C14H24N2O3/c1-9(2)5-4-6-10(3)7-8-11-12(17)15-14(19)16-13(11)18/h9-11H,4-8H2,1-3H3,(H2,15,16,17,18,19)/t10-/m1/s1. The number of barbiturate groups is 1. The van der Waals surface area contributed by atoms with Crippen molar-refractivity contribution in [1.82, 2.24) is 10.6 Å². The summed E-state index contributed by atoms with van der Waals surface area (Å²) in [5, 5.41) is 4.26. The van der Waals surface area contributed by atoms with Crippen molar-refractivity contribution in [2.75, 3.05) is 0 Å². The Bertz CT molecular complexity index is 333. The molecule has 1 heterocycles. The molecule has 0 bridgehead atoms. The summed E-state index contributed by atoms with van der Waals surface area (Å²) in [6.07, 6.45) is 4.85. The zero-order chi connectivity index (χ0) is 14.4.